The van der Waals surface area contributed by atoms with Gasteiger partial charge in [-0.15, -0.1) is 13.2 Å². The number of halogens is 3. The molecule has 2 nitrogen and oxygen atoms in total. The van der Waals surface area contributed by atoms with Gasteiger partial charge in [-0.3, -0.25) is 4.79 Å². The van der Waals surface area contributed by atoms with Crippen LogP contribution in [0.25, 0.3) is 0 Å². The minimum atomic E-state index is -4.76. The highest BCUT2D eigenvalue weighted by Crippen LogP contribution is 2.30. The fraction of sp³-hybridized carbons (Fsp3) is 0.462. The maximum absolute atomic E-state index is 12.2. The van der Waals surface area contributed by atoms with Crippen molar-refractivity contribution in [2.24, 2.45) is 0 Å². The second kappa shape index (κ2) is 4.63. The van der Waals surface area contributed by atoms with Crippen LogP contribution in [-0.4, -0.2) is 12.1 Å². The summed E-state index contributed by atoms with van der Waals surface area (Å²) < 4.78 is 40.5. The minimum absolute atomic E-state index is 0.210. The Hall–Kier alpha value is -1.52. The molecule has 0 bridgehead atoms. The van der Waals surface area contributed by atoms with E-state index >= 15 is 0 Å². The van der Waals surface area contributed by atoms with Gasteiger partial charge in [-0.05, 0) is 36.1 Å². The molecule has 0 heterocycles. The van der Waals surface area contributed by atoms with E-state index in [0.29, 0.717) is 5.56 Å². The van der Waals surface area contributed by atoms with E-state index in [9.17, 15) is 18.0 Å². The number of carbonyl (C=O) groups excluding carboxylic acids is 1. The van der Waals surface area contributed by atoms with Crippen molar-refractivity contribution in [3.8, 4) is 5.75 Å². The fourth-order valence-corrected chi connectivity index (χ4v) is 1.43. The van der Waals surface area contributed by atoms with Crippen LogP contribution < -0.4 is 4.74 Å². The van der Waals surface area contributed by atoms with Crippen molar-refractivity contribution in [3.05, 3.63) is 29.3 Å². The average Bonchev–Trinajstić information content (AvgIpc) is 2.12. The monoisotopic (exact) mass is 260 g/mol. The first-order chi connectivity index (χ1) is 7.99. The summed E-state index contributed by atoms with van der Waals surface area (Å²) in [5.41, 5.74) is 0.464. The molecule has 0 fully saturated rings. The molecule has 0 saturated carbocycles. The number of hydrogen-bond acceptors (Lipinski definition) is 2. The number of alkyl halides is 3. The lowest BCUT2D eigenvalue weighted by Crippen LogP contribution is -2.19. The van der Waals surface area contributed by atoms with Gasteiger partial charge in [0.25, 0.3) is 0 Å². The van der Waals surface area contributed by atoms with Crippen LogP contribution in [-0.2, 0) is 5.41 Å². The van der Waals surface area contributed by atoms with E-state index in [4.69, 9.17) is 0 Å². The highest BCUT2D eigenvalue weighted by molar-refractivity contribution is 5.94. The van der Waals surface area contributed by atoms with Gasteiger partial charge >= 0.3 is 6.36 Å². The van der Waals surface area contributed by atoms with Gasteiger partial charge in [-0.1, -0.05) is 20.8 Å². The number of carbonyl (C=O) groups is 1. The quantitative estimate of drug-likeness (QED) is 0.749. The van der Waals surface area contributed by atoms with E-state index < -0.39 is 6.36 Å². The van der Waals surface area contributed by atoms with E-state index in [0.717, 1.165) is 6.07 Å². The normalized spacial score (nSPS) is 12.4. The van der Waals surface area contributed by atoms with Crippen molar-refractivity contribution in [2.75, 3.05) is 0 Å². The van der Waals surface area contributed by atoms with Gasteiger partial charge in [0.2, 0.25) is 0 Å². The van der Waals surface area contributed by atoms with Gasteiger partial charge < -0.3 is 4.74 Å². The molecule has 0 radical (unpaired) electrons. The predicted octanol–water partition coefficient (Wildman–Crippen LogP) is 4.09. The van der Waals surface area contributed by atoms with E-state index in [1.165, 1.54) is 13.0 Å². The Kier molecular flexibility index (Phi) is 3.74. The maximum Gasteiger partial charge on any atom is 0.573 e. The zero-order valence-electron chi connectivity index (χ0n) is 10.7. The molecule has 0 N–H and O–H groups in total. The Morgan fingerprint density at radius 3 is 2.06 bits per heavy atom. The van der Waals surface area contributed by atoms with Crippen LogP contribution in [0.5, 0.6) is 5.75 Å². The van der Waals surface area contributed by atoms with Crippen molar-refractivity contribution < 1.29 is 22.7 Å². The van der Waals surface area contributed by atoms with Crippen molar-refractivity contribution in [3.63, 3.8) is 0 Å². The first kappa shape index (κ1) is 14.5. The SMILES string of the molecule is CC(=O)c1cc(OC(F)(F)F)cc(C(C)(C)C)c1. The summed E-state index contributed by atoms with van der Waals surface area (Å²) in [7, 11) is 0. The number of benzene rings is 1. The second-order valence-electron chi connectivity index (χ2n) is 5.10. The molecule has 1 rings (SSSR count). The molecule has 0 atom stereocenters. The summed E-state index contributed by atoms with van der Waals surface area (Å²) in [5, 5.41) is 0. The van der Waals surface area contributed by atoms with Gasteiger partial charge in [0.1, 0.15) is 5.75 Å². The molecule has 0 aliphatic carbocycles. The van der Waals surface area contributed by atoms with Gasteiger partial charge in [0.05, 0.1) is 0 Å². The third-order valence-corrected chi connectivity index (χ3v) is 2.41. The Morgan fingerprint density at radius 1 is 1.11 bits per heavy atom. The van der Waals surface area contributed by atoms with E-state index in [-0.39, 0.29) is 22.5 Å². The van der Waals surface area contributed by atoms with E-state index in [1.54, 1.807) is 6.07 Å². The smallest absolute Gasteiger partial charge is 0.406 e. The third kappa shape index (κ3) is 4.05. The molecular formula is C13H15F3O2. The van der Waals surface area contributed by atoms with Crippen molar-refractivity contribution in [2.45, 2.75) is 39.5 Å². The van der Waals surface area contributed by atoms with E-state index in [1.807, 2.05) is 20.8 Å². The Labute approximate surface area is 104 Å². The van der Waals surface area contributed by atoms with Crippen LogP contribution in [0.4, 0.5) is 13.2 Å². The van der Waals surface area contributed by atoms with Crippen molar-refractivity contribution >= 4 is 5.78 Å². The molecule has 0 amide bonds. The average molecular weight is 260 g/mol. The molecule has 0 saturated heterocycles. The molecule has 0 aliphatic heterocycles. The lowest BCUT2D eigenvalue weighted by atomic mass is 9.85. The van der Waals surface area contributed by atoms with Gasteiger partial charge in [0.15, 0.2) is 5.78 Å². The minimum Gasteiger partial charge on any atom is -0.406 e. The van der Waals surface area contributed by atoms with Gasteiger partial charge in [-0.25, -0.2) is 0 Å². The number of Topliss-reactive ketones (excluding diaryl/α,β-unsaturated/α-hetero) is 1. The van der Waals surface area contributed by atoms with Crippen LogP contribution in [0.15, 0.2) is 18.2 Å². The molecule has 0 aromatic heterocycles. The largest absolute Gasteiger partial charge is 0.573 e. The summed E-state index contributed by atoms with van der Waals surface area (Å²) in [6.45, 7) is 6.86. The van der Waals surface area contributed by atoms with Crippen molar-refractivity contribution in [1.82, 2.24) is 0 Å². The summed E-state index contributed by atoms with van der Waals surface area (Å²) in [6.07, 6.45) is -4.76. The lowest BCUT2D eigenvalue weighted by Gasteiger charge is -2.21. The standard InChI is InChI=1S/C13H15F3O2/c1-8(17)9-5-10(12(2,3)4)7-11(6-9)18-13(14,15)16/h5-7H,1-4H3. The van der Waals surface area contributed by atoms with Gasteiger partial charge in [-0.2, -0.15) is 0 Å². The van der Waals surface area contributed by atoms with Crippen LogP contribution in [0.2, 0.25) is 0 Å². The Balaban J connectivity index is 3.27. The molecule has 5 heteroatoms. The summed E-state index contributed by atoms with van der Waals surface area (Å²) >= 11 is 0. The van der Waals surface area contributed by atoms with Crippen LogP contribution in [0, 0.1) is 0 Å². The second-order valence-corrected chi connectivity index (χ2v) is 5.10. The molecule has 0 aliphatic rings. The molecule has 0 spiro atoms. The molecule has 100 valence electrons. The number of ketones is 1. The Bertz CT molecular complexity index is 456. The highest BCUT2D eigenvalue weighted by Gasteiger charge is 2.32. The highest BCUT2D eigenvalue weighted by atomic mass is 19.4. The van der Waals surface area contributed by atoms with E-state index in [2.05, 4.69) is 4.74 Å². The zero-order valence-corrected chi connectivity index (χ0v) is 10.7. The first-order valence-electron chi connectivity index (χ1n) is 5.41. The molecular weight excluding hydrogens is 245 g/mol. The number of hydrogen-bond donors (Lipinski definition) is 0. The lowest BCUT2D eigenvalue weighted by molar-refractivity contribution is -0.274. The predicted molar refractivity (Wildman–Crippen MR) is 61.8 cm³/mol. The number of ether oxygens (including phenoxy) is 1. The Morgan fingerprint density at radius 2 is 1.67 bits per heavy atom. The van der Waals surface area contributed by atoms with Crippen molar-refractivity contribution in [1.29, 1.82) is 0 Å². The fourth-order valence-electron chi connectivity index (χ4n) is 1.43. The molecule has 0 unspecified atom stereocenters. The maximum atomic E-state index is 12.2. The molecule has 1 aromatic rings. The molecule has 18 heavy (non-hydrogen) atoms. The summed E-state index contributed by atoms with van der Waals surface area (Å²) in [5.74, 6) is -0.659. The summed E-state index contributed by atoms with van der Waals surface area (Å²) in [4.78, 5) is 11.3. The molecule has 1 aromatic carbocycles. The third-order valence-electron chi connectivity index (χ3n) is 2.41. The van der Waals surface area contributed by atoms with Crippen LogP contribution in [0.1, 0.15) is 43.6 Å². The summed E-state index contributed by atoms with van der Waals surface area (Å²) in [6, 6.07) is 4.00. The van der Waals surface area contributed by atoms with Crippen LogP contribution >= 0.6 is 0 Å². The first-order valence-corrected chi connectivity index (χ1v) is 5.41. The topological polar surface area (TPSA) is 26.3 Å². The van der Waals surface area contributed by atoms with Gasteiger partial charge in [0, 0.05) is 5.56 Å². The zero-order chi connectivity index (χ0) is 14.1. The van der Waals surface area contributed by atoms with Crippen LogP contribution in [0.3, 0.4) is 0 Å². The number of rotatable bonds is 2.